The molecule has 0 aliphatic heterocycles. The van der Waals surface area contributed by atoms with Crippen molar-refractivity contribution in [3.8, 4) is 0 Å². The van der Waals surface area contributed by atoms with E-state index in [-0.39, 0.29) is 12.5 Å². The third-order valence-electron chi connectivity index (χ3n) is 2.50. The van der Waals surface area contributed by atoms with Gasteiger partial charge in [0.2, 0.25) is 5.91 Å². The number of amides is 1. The number of rotatable bonds is 6. The first-order chi connectivity index (χ1) is 9.20. The quantitative estimate of drug-likeness (QED) is 0.845. The normalized spacial score (nSPS) is 12.3. The highest BCUT2D eigenvalue weighted by Crippen LogP contribution is 2.28. The maximum absolute atomic E-state index is 11.2. The SMILES string of the molecule is COCC(=O)NCc1ccc(C(O)c2ccco2)s1. The second-order valence-electron chi connectivity index (χ2n) is 3.93. The van der Waals surface area contributed by atoms with Gasteiger partial charge in [0.25, 0.3) is 0 Å². The van der Waals surface area contributed by atoms with Crippen LogP contribution >= 0.6 is 11.3 Å². The van der Waals surface area contributed by atoms with E-state index in [0.29, 0.717) is 12.3 Å². The van der Waals surface area contributed by atoms with E-state index in [0.717, 1.165) is 9.75 Å². The lowest BCUT2D eigenvalue weighted by Crippen LogP contribution is -2.26. The summed E-state index contributed by atoms with van der Waals surface area (Å²) in [6, 6.07) is 7.16. The maximum atomic E-state index is 11.2. The van der Waals surface area contributed by atoms with Crippen molar-refractivity contribution in [2.24, 2.45) is 0 Å². The van der Waals surface area contributed by atoms with E-state index in [1.54, 1.807) is 12.1 Å². The highest BCUT2D eigenvalue weighted by molar-refractivity contribution is 7.12. The van der Waals surface area contributed by atoms with Crippen molar-refractivity contribution in [2.75, 3.05) is 13.7 Å². The molecule has 1 unspecified atom stereocenters. The monoisotopic (exact) mass is 281 g/mol. The smallest absolute Gasteiger partial charge is 0.246 e. The minimum Gasteiger partial charge on any atom is -0.466 e. The lowest BCUT2D eigenvalue weighted by Gasteiger charge is -2.04. The topological polar surface area (TPSA) is 71.7 Å². The summed E-state index contributed by atoms with van der Waals surface area (Å²) in [4.78, 5) is 13.0. The molecule has 0 saturated heterocycles. The van der Waals surface area contributed by atoms with Crippen LogP contribution in [-0.2, 0) is 16.1 Å². The van der Waals surface area contributed by atoms with Crippen molar-refractivity contribution in [2.45, 2.75) is 12.6 Å². The zero-order valence-corrected chi connectivity index (χ0v) is 11.3. The first kappa shape index (κ1) is 13.8. The molecule has 2 N–H and O–H groups in total. The van der Waals surface area contributed by atoms with Crippen LogP contribution in [0, 0.1) is 0 Å². The summed E-state index contributed by atoms with van der Waals surface area (Å²) in [6.07, 6.45) is 0.765. The number of thiophene rings is 1. The Hall–Kier alpha value is -1.63. The second kappa shape index (κ2) is 6.51. The average molecular weight is 281 g/mol. The summed E-state index contributed by atoms with van der Waals surface area (Å²) < 4.78 is 9.88. The van der Waals surface area contributed by atoms with Gasteiger partial charge in [0.1, 0.15) is 18.5 Å². The van der Waals surface area contributed by atoms with E-state index in [1.165, 1.54) is 24.7 Å². The van der Waals surface area contributed by atoms with Crippen LogP contribution in [0.2, 0.25) is 0 Å². The van der Waals surface area contributed by atoms with Crippen LogP contribution in [0.4, 0.5) is 0 Å². The number of aliphatic hydroxyl groups excluding tert-OH is 1. The van der Waals surface area contributed by atoms with E-state index in [9.17, 15) is 9.90 Å². The predicted molar refractivity (Wildman–Crippen MR) is 70.8 cm³/mol. The molecule has 102 valence electrons. The molecular formula is C13H15NO4S. The van der Waals surface area contributed by atoms with Crippen LogP contribution in [0.5, 0.6) is 0 Å². The fraction of sp³-hybridized carbons (Fsp3) is 0.308. The van der Waals surface area contributed by atoms with E-state index in [2.05, 4.69) is 5.32 Å². The fourth-order valence-corrected chi connectivity index (χ4v) is 2.54. The zero-order chi connectivity index (χ0) is 13.7. The summed E-state index contributed by atoms with van der Waals surface area (Å²) >= 11 is 1.43. The van der Waals surface area contributed by atoms with Gasteiger partial charge in [-0.2, -0.15) is 0 Å². The molecule has 2 aromatic heterocycles. The molecule has 1 atom stereocenters. The first-order valence-corrected chi connectivity index (χ1v) is 6.58. The lowest BCUT2D eigenvalue weighted by atomic mass is 10.2. The van der Waals surface area contributed by atoms with E-state index in [1.807, 2.05) is 12.1 Å². The Morgan fingerprint density at radius 1 is 1.53 bits per heavy atom. The number of nitrogens with one attached hydrogen (secondary N) is 1. The van der Waals surface area contributed by atoms with Crippen LogP contribution < -0.4 is 5.32 Å². The molecule has 0 spiro atoms. The number of hydrogen-bond donors (Lipinski definition) is 2. The second-order valence-corrected chi connectivity index (χ2v) is 5.13. The molecule has 0 aromatic carbocycles. The molecule has 6 heteroatoms. The van der Waals surface area contributed by atoms with Crippen molar-refractivity contribution in [1.29, 1.82) is 0 Å². The molecule has 1 amide bonds. The highest BCUT2D eigenvalue weighted by atomic mass is 32.1. The number of hydrogen-bond acceptors (Lipinski definition) is 5. The number of furan rings is 1. The van der Waals surface area contributed by atoms with Gasteiger partial charge in [-0.15, -0.1) is 11.3 Å². The summed E-state index contributed by atoms with van der Waals surface area (Å²) in [7, 11) is 1.47. The third-order valence-corrected chi connectivity index (χ3v) is 3.64. The molecule has 0 bridgehead atoms. The van der Waals surface area contributed by atoms with E-state index < -0.39 is 6.10 Å². The van der Waals surface area contributed by atoms with Crippen LogP contribution in [-0.4, -0.2) is 24.7 Å². The molecule has 2 aromatic rings. The summed E-state index contributed by atoms with van der Waals surface area (Å²) in [5.41, 5.74) is 0. The zero-order valence-electron chi connectivity index (χ0n) is 10.5. The predicted octanol–water partition coefficient (Wildman–Crippen LogP) is 1.69. The Bertz CT molecular complexity index is 520. The minimum absolute atomic E-state index is 0.0489. The Morgan fingerprint density at radius 2 is 2.37 bits per heavy atom. The largest absolute Gasteiger partial charge is 0.466 e. The van der Waals surface area contributed by atoms with Gasteiger partial charge in [-0.3, -0.25) is 4.79 Å². The Labute approximate surface area is 114 Å². The van der Waals surface area contributed by atoms with Crippen LogP contribution in [0.25, 0.3) is 0 Å². The fourth-order valence-electron chi connectivity index (χ4n) is 1.59. The summed E-state index contributed by atoms with van der Waals surface area (Å²) in [5.74, 6) is 0.348. The Kier molecular flexibility index (Phi) is 4.73. The van der Waals surface area contributed by atoms with Crippen LogP contribution in [0.15, 0.2) is 34.9 Å². The molecule has 2 rings (SSSR count). The standard InChI is InChI=1S/C13H15NO4S/c1-17-8-12(15)14-7-9-4-5-11(19-9)13(16)10-3-2-6-18-10/h2-6,13,16H,7-8H2,1H3,(H,14,15). The molecule has 0 aliphatic carbocycles. The highest BCUT2D eigenvalue weighted by Gasteiger charge is 2.15. The van der Waals surface area contributed by atoms with Crippen molar-refractivity contribution in [1.82, 2.24) is 5.32 Å². The molecule has 0 aliphatic rings. The van der Waals surface area contributed by atoms with Gasteiger partial charge in [0.05, 0.1) is 12.8 Å². The van der Waals surface area contributed by atoms with E-state index in [4.69, 9.17) is 9.15 Å². The van der Waals surface area contributed by atoms with Gasteiger partial charge in [-0.25, -0.2) is 0 Å². The molecular weight excluding hydrogens is 266 g/mol. The van der Waals surface area contributed by atoms with Gasteiger partial charge in [-0.1, -0.05) is 0 Å². The number of carbonyl (C=O) groups excluding carboxylic acids is 1. The number of carbonyl (C=O) groups is 1. The van der Waals surface area contributed by atoms with Crippen molar-refractivity contribution < 1.29 is 19.1 Å². The number of aliphatic hydroxyl groups is 1. The van der Waals surface area contributed by atoms with Crippen molar-refractivity contribution in [3.63, 3.8) is 0 Å². The first-order valence-electron chi connectivity index (χ1n) is 5.76. The molecule has 0 radical (unpaired) electrons. The third kappa shape index (κ3) is 3.66. The van der Waals surface area contributed by atoms with Crippen LogP contribution in [0.1, 0.15) is 21.6 Å². The van der Waals surface area contributed by atoms with Gasteiger partial charge >= 0.3 is 0 Å². The maximum Gasteiger partial charge on any atom is 0.246 e. The van der Waals surface area contributed by atoms with Crippen molar-refractivity contribution in [3.05, 3.63) is 46.0 Å². The molecule has 2 heterocycles. The average Bonchev–Trinajstić information content (AvgIpc) is 3.07. The van der Waals surface area contributed by atoms with Gasteiger partial charge in [0, 0.05) is 16.9 Å². The summed E-state index contributed by atoms with van der Waals surface area (Å²) in [6.45, 7) is 0.477. The lowest BCUT2D eigenvalue weighted by molar-refractivity contribution is -0.124. The van der Waals surface area contributed by atoms with Crippen molar-refractivity contribution >= 4 is 17.2 Å². The Morgan fingerprint density at radius 3 is 3.05 bits per heavy atom. The molecule has 19 heavy (non-hydrogen) atoms. The number of methoxy groups -OCH3 is 1. The minimum atomic E-state index is -0.761. The van der Waals surface area contributed by atoms with Gasteiger partial charge in [-0.05, 0) is 24.3 Å². The molecule has 0 saturated carbocycles. The van der Waals surface area contributed by atoms with Gasteiger partial charge < -0.3 is 19.6 Å². The van der Waals surface area contributed by atoms with Crippen LogP contribution in [0.3, 0.4) is 0 Å². The Balaban J connectivity index is 1.94. The summed E-state index contributed by atoms with van der Waals surface area (Å²) in [5, 5.41) is 12.8. The van der Waals surface area contributed by atoms with Gasteiger partial charge in [0.15, 0.2) is 0 Å². The molecule has 5 nitrogen and oxygen atoms in total. The molecule has 0 fully saturated rings. The van der Waals surface area contributed by atoms with E-state index >= 15 is 0 Å². The number of ether oxygens (including phenoxy) is 1.